The summed E-state index contributed by atoms with van der Waals surface area (Å²) in [7, 11) is 1.63. The summed E-state index contributed by atoms with van der Waals surface area (Å²) >= 11 is 3.24. The van der Waals surface area contributed by atoms with Crippen molar-refractivity contribution in [2.45, 2.75) is 6.42 Å². The van der Waals surface area contributed by atoms with Crippen molar-refractivity contribution in [3.05, 3.63) is 52.3 Å². The molecule has 0 aromatic heterocycles. The van der Waals surface area contributed by atoms with Crippen LogP contribution in [-0.4, -0.2) is 13.7 Å². The molecule has 0 aliphatic rings. The molecule has 2 aromatic rings. The van der Waals surface area contributed by atoms with E-state index in [-0.39, 0.29) is 5.69 Å². The van der Waals surface area contributed by atoms with Gasteiger partial charge in [-0.1, -0.05) is 12.1 Å². The predicted molar refractivity (Wildman–Crippen MR) is 80.7 cm³/mol. The van der Waals surface area contributed by atoms with Gasteiger partial charge < -0.3 is 15.2 Å². The van der Waals surface area contributed by atoms with Crippen LogP contribution >= 0.6 is 15.9 Å². The summed E-state index contributed by atoms with van der Waals surface area (Å²) in [5, 5.41) is 0. The second kappa shape index (κ2) is 6.61. The highest BCUT2D eigenvalue weighted by atomic mass is 79.9. The third-order valence-electron chi connectivity index (χ3n) is 2.83. The van der Waals surface area contributed by atoms with Crippen molar-refractivity contribution in [2.24, 2.45) is 0 Å². The van der Waals surface area contributed by atoms with Crippen LogP contribution in [-0.2, 0) is 6.42 Å². The second-order valence-electron chi connectivity index (χ2n) is 4.25. The Bertz CT molecular complexity index is 564. The Balaban J connectivity index is 1.95. The number of ether oxygens (including phenoxy) is 2. The number of hydrogen-bond acceptors (Lipinski definition) is 3. The van der Waals surface area contributed by atoms with E-state index in [4.69, 9.17) is 15.2 Å². The van der Waals surface area contributed by atoms with E-state index in [0.29, 0.717) is 16.8 Å². The van der Waals surface area contributed by atoms with Gasteiger partial charge in [0.05, 0.1) is 23.9 Å². The molecule has 106 valence electrons. The zero-order chi connectivity index (χ0) is 14.5. The second-order valence-corrected chi connectivity index (χ2v) is 5.11. The molecule has 0 aliphatic carbocycles. The summed E-state index contributed by atoms with van der Waals surface area (Å²) in [5.74, 6) is 0.900. The lowest BCUT2D eigenvalue weighted by Gasteiger charge is -2.11. The van der Waals surface area contributed by atoms with Gasteiger partial charge in [-0.3, -0.25) is 0 Å². The first-order valence-corrected chi connectivity index (χ1v) is 6.89. The van der Waals surface area contributed by atoms with Gasteiger partial charge in [0.2, 0.25) is 0 Å². The van der Waals surface area contributed by atoms with Crippen molar-refractivity contribution in [1.82, 2.24) is 0 Å². The van der Waals surface area contributed by atoms with Gasteiger partial charge in [-0.2, -0.15) is 0 Å². The first-order valence-electron chi connectivity index (χ1n) is 6.10. The highest BCUT2D eigenvalue weighted by molar-refractivity contribution is 9.10. The number of benzene rings is 2. The molecule has 2 N–H and O–H groups in total. The summed E-state index contributed by atoms with van der Waals surface area (Å²) in [6.07, 6.45) is 0.729. The maximum atomic E-state index is 13.1. The minimum atomic E-state index is -0.392. The molecule has 0 radical (unpaired) electrons. The van der Waals surface area contributed by atoms with Crippen LogP contribution in [0.1, 0.15) is 5.56 Å². The van der Waals surface area contributed by atoms with Crippen molar-refractivity contribution in [3.63, 3.8) is 0 Å². The largest absolute Gasteiger partial charge is 0.497 e. The fourth-order valence-electron chi connectivity index (χ4n) is 1.80. The SMILES string of the molecule is COc1ccc(CCOc2c(N)cc(F)cc2Br)cc1. The van der Waals surface area contributed by atoms with Gasteiger partial charge in [0.15, 0.2) is 5.75 Å². The summed E-state index contributed by atoms with van der Waals surface area (Å²) in [6.45, 7) is 0.459. The molecule has 5 heteroatoms. The van der Waals surface area contributed by atoms with E-state index in [1.165, 1.54) is 12.1 Å². The lowest BCUT2D eigenvalue weighted by Crippen LogP contribution is -2.04. The van der Waals surface area contributed by atoms with Crippen molar-refractivity contribution >= 4 is 21.6 Å². The highest BCUT2D eigenvalue weighted by Crippen LogP contribution is 2.32. The minimum absolute atomic E-state index is 0.284. The molecule has 0 bridgehead atoms. The molecule has 0 atom stereocenters. The van der Waals surface area contributed by atoms with Crippen molar-refractivity contribution in [1.29, 1.82) is 0 Å². The van der Waals surface area contributed by atoms with Crippen LogP contribution in [0.25, 0.3) is 0 Å². The van der Waals surface area contributed by atoms with Crippen LogP contribution in [0.2, 0.25) is 0 Å². The van der Waals surface area contributed by atoms with Gasteiger partial charge in [-0.15, -0.1) is 0 Å². The number of rotatable bonds is 5. The van der Waals surface area contributed by atoms with Crippen molar-refractivity contribution in [2.75, 3.05) is 19.5 Å². The molecule has 0 fully saturated rings. The summed E-state index contributed by atoms with van der Waals surface area (Å²) in [6, 6.07) is 10.3. The number of nitrogens with two attached hydrogens (primary N) is 1. The molecule has 2 rings (SSSR count). The standard InChI is InChI=1S/C15H15BrFNO2/c1-19-12-4-2-10(3-5-12)6-7-20-15-13(16)8-11(17)9-14(15)18/h2-5,8-9H,6-7,18H2,1H3. The molecule has 0 aliphatic heterocycles. The van der Waals surface area contributed by atoms with E-state index in [1.807, 2.05) is 24.3 Å². The summed E-state index contributed by atoms with van der Waals surface area (Å²) < 4.78 is 24.3. The predicted octanol–water partition coefficient (Wildman–Crippen LogP) is 3.80. The molecule has 0 heterocycles. The van der Waals surface area contributed by atoms with Crippen LogP contribution in [0.5, 0.6) is 11.5 Å². The zero-order valence-corrected chi connectivity index (χ0v) is 12.6. The Morgan fingerprint density at radius 1 is 1.20 bits per heavy atom. The van der Waals surface area contributed by atoms with Gasteiger partial charge >= 0.3 is 0 Å². The maximum Gasteiger partial charge on any atom is 0.156 e. The van der Waals surface area contributed by atoms with Crippen LogP contribution in [0, 0.1) is 5.82 Å². The van der Waals surface area contributed by atoms with E-state index >= 15 is 0 Å². The monoisotopic (exact) mass is 339 g/mol. The first-order chi connectivity index (χ1) is 9.60. The van der Waals surface area contributed by atoms with E-state index in [1.54, 1.807) is 7.11 Å². The maximum absolute atomic E-state index is 13.1. The lowest BCUT2D eigenvalue weighted by atomic mass is 10.1. The molecular formula is C15H15BrFNO2. The van der Waals surface area contributed by atoms with Crippen molar-refractivity contribution < 1.29 is 13.9 Å². The summed E-state index contributed by atoms with van der Waals surface area (Å²) in [4.78, 5) is 0. The third kappa shape index (κ3) is 3.63. The highest BCUT2D eigenvalue weighted by Gasteiger charge is 2.08. The van der Waals surface area contributed by atoms with E-state index < -0.39 is 5.82 Å². The average molecular weight is 340 g/mol. The van der Waals surface area contributed by atoms with E-state index in [0.717, 1.165) is 17.7 Å². The van der Waals surface area contributed by atoms with Gasteiger partial charge in [0, 0.05) is 12.5 Å². The molecule has 2 aromatic carbocycles. The Kier molecular flexibility index (Phi) is 4.84. The van der Waals surface area contributed by atoms with Crippen molar-refractivity contribution in [3.8, 4) is 11.5 Å². The average Bonchev–Trinajstić information content (AvgIpc) is 2.42. The molecule has 3 nitrogen and oxygen atoms in total. The van der Waals surface area contributed by atoms with Gasteiger partial charge in [0.25, 0.3) is 0 Å². The Morgan fingerprint density at radius 2 is 1.90 bits per heavy atom. The molecule has 0 spiro atoms. The van der Waals surface area contributed by atoms with Crippen LogP contribution < -0.4 is 15.2 Å². The van der Waals surface area contributed by atoms with Crippen LogP contribution in [0.4, 0.5) is 10.1 Å². The Hall–Kier alpha value is -1.75. The minimum Gasteiger partial charge on any atom is -0.497 e. The van der Waals surface area contributed by atoms with Crippen LogP contribution in [0.3, 0.4) is 0 Å². The van der Waals surface area contributed by atoms with Gasteiger partial charge in [-0.05, 0) is 39.7 Å². The fraction of sp³-hybridized carbons (Fsp3) is 0.200. The molecular weight excluding hydrogens is 325 g/mol. The van der Waals surface area contributed by atoms with Gasteiger partial charge in [-0.25, -0.2) is 4.39 Å². The molecule has 0 unspecified atom stereocenters. The van der Waals surface area contributed by atoms with Crippen LogP contribution in [0.15, 0.2) is 40.9 Å². The fourth-order valence-corrected chi connectivity index (χ4v) is 2.36. The van der Waals surface area contributed by atoms with E-state index in [2.05, 4.69) is 15.9 Å². The smallest absolute Gasteiger partial charge is 0.156 e. The quantitative estimate of drug-likeness (QED) is 0.842. The number of anilines is 1. The Morgan fingerprint density at radius 3 is 2.50 bits per heavy atom. The third-order valence-corrected chi connectivity index (χ3v) is 3.42. The molecule has 0 saturated carbocycles. The van der Waals surface area contributed by atoms with Gasteiger partial charge in [0.1, 0.15) is 11.6 Å². The van der Waals surface area contributed by atoms with E-state index in [9.17, 15) is 4.39 Å². The number of halogens is 2. The zero-order valence-electron chi connectivity index (χ0n) is 11.0. The number of hydrogen-bond donors (Lipinski definition) is 1. The summed E-state index contributed by atoms with van der Waals surface area (Å²) in [5.41, 5.74) is 7.14. The normalized spacial score (nSPS) is 10.3. The first kappa shape index (κ1) is 14.7. The Labute approximate surface area is 125 Å². The molecule has 20 heavy (non-hydrogen) atoms. The topological polar surface area (TPSA) is 44.5 Å². The molecule has 0 saturated heterocycles. The number of methoxy groups -OCH3 is 1. The number of nitrogen functional groups attached to an aromatic ring is 1. The molecule has 0 amide bonds. The lowest BCUT2D eigenvalue weighted by molar-refractivity contribution is 0.321.